The molecule has 30 heavy (non-hydrogen) atoms. The van der Waals surface area contributed by atoms with E-state index in [1.54, 1.807) is 25.5 Å². The minimum absolute atomic E-state index is 0.331. The average Bonchev–Trinajstić information content (AvgIpc) is 3.29. The summed E-state index contributed by atoms with van der Waals surface area (Å²) in [5.74, 6) is 2.34. The van der Waals surface area contributed by atoms with Gasteiger partial charge >= 0.3 is 0 Å². The van der Waals surface area contributed by atoms with Crippen molar-refractivity contribution in [3.8, 4) is 17.2 Å². The fourth-order valence-electron chi connectivity index (χ4n) is 2.77. The topological polar surface area (TPSA) is 70.8 Å². The number of methoxy groups -OCH3 is 1. The molecule has 0 amide bonds. The zero-order chi connectivity index (χ0) is 21.3. The molecule has 158 valence electrons. The van der Waals surface area contributed by atoms with E-state index in [1.165, 1.54) is 22.9 Å². The fourth-order valence-corrected chi connectivity index (χ4v) is 3.05. The lowest BCUT2D eigenvalue weighted by Crippen LogP contribution is -2.10. The maximum atomic E-state index is 6.39. The summed E-state index contributed by atoms with van der Waals surface area (Å²) >= 11 is 6.39. The van der Waals surface area contributed by atoms with E-state index in [4.69, 9.17) is 25.8 Å². The first-order valence-electron chi connectivity index (χ1n) is 9.72. The molecule has 3 rings (SSSR count). The molecular formula is C22H25ClN4O3. The Kier molecular flexibility index (Phi) is 7.68. The van der Waals surface area contributed by atoms with Crippen LogP contribution in [0.3, 0.4) is 0 Å². The number of benzene rings is 2. The molecule has 0 aliphatic rings. The number of ether oxygens (including phenoxy) is 3. The van der Waals surface area contributed by atoms with Gasteiger partial charge in [0.05, 0.1) is 18.3 Å². The summed E-state index contributed by atoms with van der Waals surface area (Å²) in [5.41, 5.74) is 2.07. The number of rotatable bonds is 10. The van der Waals surface area contributed by atoms with Crippen molar-refractivity contribution in [2.75, 3.05) is 20.3 Å². The molecule has 1 atom stereocenters. The highest BCUT2D eigenvalue weighted by Gasteiger charge is 2.12. The summed E-state index contributed by atoms with van der Waals surface area (Å²) in [7, 11) is 1.56. The Bertz CT molecular complexity index is 959. The molecule has 1 heterocycles. The SMILES string of the molecule is CC[C@@H](C)c1ccc(OCCOc2c(Cl)cc(/C=N\n3cnnc3)cc2OC)cc1. The van der Waals surface area contributed by atoms with Crippen LogP contribution < -0.4 is 14.2 Å². The van der Waals surface area contributed by atoms with Crippen LogP contribution in [0, 0.1) is 0 Å². The highest BCUT2D eigenvalue weighted by molar-refractivity contribution is 6.32. The van der Waals surface area contributed by atoms with Crippen molar-refractivity contribution in [1.82, 2.24) is 14.9 Å². The van der Waals surface area contributed by atoms with Crippen LogP contribution in [0.5, 0.6) is 17.2 Å². The van der Waals surface area contributed by atoms with Gasteiger partial charge < -0.3 is 14.2 Å². The smallest absolute Gasteiger partial charge is 0.179 e. The Balaban J connectivity index is 1.57. The van der Waals surface area contributed by atoms with Gasteiger partial charge in [-0.1, -0.05) is 37.6 Å². The Labute approximate surface area is 181 Å². The van der Waals surface area contributed by atoms with Crippen molar-refractivity contribution in [3.63, 3.8) is 0 Å². The van der Waals surface area contributed by atoms with Crippen molar-refractivity contribution in [1.29, 1.82) is 0 Å². The minimum Gasteiger partial charge on any atom is -0.493 e. The van der Waals surface area contributed by atoms with E-state index in [0.717, 1.165) is 17.7 Å². The van der Waals surface area contributed by atoms with Gasteiger partial charge in [-0.3, -0.25) is 0 Å². The second-order valence-electron chi connectivity index (χ2n) is 6.70. The highest BCUT2D eigenvalue weighted by atomic mass is 35.5. The highest BCUT2D eigenvalue weighted by Crippen LogP contribution is 2.36. The lowest BCUT2D eigenvalue weighted by Gasteiger charge is -2.14. The third-order valence-electron chi connectivity index (χ3n) is 4.66. The summed E-state index contributed by atoms with van der Waals surface area (Å²) in [6, 6.07) is 11.7. The van der Waals surface area contributed by atoms with E-state index < -0.39 is 0 Å². The number of nitrogens with zero attached hydrogens (tertiary/aromatic N) is 4. The van der Waals surface area contributed by atoms with Gasteiger partial charge in [-0.15, -0.1) is 10.2 Å². The Morgan fingerprint density at radius 3 is 2.47 bits per heavy atom. The van der Waals surface area contributed by atoms with Crippen LogP contribution in [0.1, 0.15) is 37.3 Å². The van der Waals surface area contributed by atoms with Gasteiger partial charge in [0, 0.05) is 0 Å². The van der Waals surface area contributed by atoms with E-state index in [9.17, 15) is 0 Å². The van der Waals surface area contributed by atoms with Gasteiger partial charge in [-0.2, -0.15) is 5.10 Å². The molecule has 2 aromatic carbocycles. The molecule has 0 saturated heterocycles. The van der Waals surface area contributed by atoms with Crippen LogP contribution in [-0.4, -0.2) is 41.4 Å². The number of aromatic nitrogens is 3. The van der Waals surface area contributed by atoms with E-state index in [2.05, 4.69) is 41.3 Å². The van der Waals surface area contributed by atoms with Crippen LogP contribution in [0.2, 0.25) is 5.02 Å². The minimum atomic E-state index is 0.331. The molecule has 0 saturated carbocycles. The average molecular weight is 429 g/mol. The quantitative estimate of drug-likeness (QED) is 0.343. The molecule has 0 radical (unpaired) electrons. The zero-order valence-corrected chi connectivity index (χ0v) is 18.0. The van der Waals surface area contributed by atoms with E-state index in [0.29, 0.717) is 35.7 Å². The second-order valence-corrected chi connectivity index (χ2v) is 7.10. The summed E-state index contributed by atoms with van der Waals surface area (Å²) in [4.78, 5) is 0. The van der Waals surface area contributed by atoms with Gasteiger partial charge in [0.15, 0.2) is 11.5 Å². The van der Waals surface area contributed by atoms with E-state index in [1.807, 2.05) is 12.1 Å². The maximum absolute atomic E-state index is 6.39. The summed E-state index contributed by atoms with van der Waals surface area (Å²) in [6.07, 6.45) is 5.73. The van der Waals surface area contributed by atoms with Crippen LogP contribution in [0.15, 0.2) is 54.2 Å². The Hall–Kier alpha value is -3.06. The lowest BCUT2D eigenvalue weighted by molar-refractivity contribution is 0.211. The first-order valence-corrected chi connectivity index (χ1v) is 10.1. The standard InChI is InChI=1S/C22H25ClN4O3/c1-4-16(2)18-5-7-19(8-6-18)29-9-10-30-22-20(23)11-17(12-21(22)28-3)13-26-27-14-24-25-15-27/h5-8,11-16H,4,9-10H2,1-3H3/b26-13-/t16-/m1/s1. The number of halogens is 1. The fraction of sp³-hybridized carbons (Fsp3) is 0.318. The molecule has 0 unspecified atom stereocenters. The molecule has 0 aliphatic heterocycles. The molecular weight excluding hydrogens is 404 g/mol. The van der Waals surface area contributed by atoms with Crippen molar-refractivity contribution < 1.29 is 14.2 Å². The molecule has 8 heteroatoms. The largest absolute Gasteiger partial charge is 0.493 e. The number of hydrogen-bond donors (Lipinski definition) is 0. The Morgan fingerprint density at radius 1 is 1.10 bits per heavy atom. The number of hydrogen-bond acceptors (Lipinski definition) is 6. The third-order valence-corrected chi connectivity index (χ3v) is 4.94. The van der Waals surface area contributed by atoms with Gasteiger partial charge in [0.25, 0.3) is 0 Å². The molecule has 7 nitrogen and oxygen atoms in total. The van der Waals surface area contributed by atoms with Crippen LogP contribution in [0.25, 0.3) is 0 Å². The van der Waals surface area contributed by atoms with Crippen LogP contribution in [0.4, 0.5) is 0 Å². The summed E-state index contributed by atoms with van der Waals surface area (Å²) < 4.78 is 18.5. The van der Waals surface area contributed by atoms with Gasteiger partial charge in [-0.25, -0.2) is 4.68 Å². The van der Waals surface area contributed by atoms with Gasteiger partial charge in [-0.05, 0) is 47.7 Å². The lowest BCUT2D eigenvalue weighted by atomic mass is 9.99. The monoisotopic (exact) mass is 428 g/mol. The van der Waals surface area contributed by atoms with Crippen LogP contribution >= 0.6 is 11.6 Å². The van der Waals surface area contributed by atoms with Crippen molar-refractivity contribution in [2.24, 2.45) is 5.10 Å². The molecule has 0 aliphatic carbocycles. The Morgan fingerprint density at radius 2 is 1.80 bits per heavy atom. The molecule has 0 fully saturated rings. The maximum Gasteiger partial charge on any atom is 0.179 e. The molecule has 0 N–H and O–H groups in total. The predicted octanol–water partition coefficient (Wildman–Crippen LogP) is 4.79. The molecule has 1 aromatic heterocycles. The first kappa shape index (κ1) is 21.6. The van der Waals surface area contributed by atoms with E-state index in [-0.39, 0.29) is 0 Å². The van der Waals surface area contributed by atoms with Crippen LogP contribution in [-0.2, 0) is 0 Å². The van der Waals surface area contributed by atoms with E-state index >= 15 is 0 Å². The van der Waals surface area contributed by atoms with Gasteiger partial charge in [0.2, 0.25) is 0 Å². The van der Waals surface area contributed by atoms with Gasteiger partial charge in [0.1, 0.15) is 31.6 Å². The molecule has 0 bridgehead atoms. The first-order chi connectivity index (χ1) is 14.6. The summed E-state index contributed by atoms with van der Waals surface area (Å²) in [6.45, 7) is 5.12. The normalized spacial score (nSPS) is 12.1. The van der Waals surface area contributed by atoms with Crippen molar-refractivity contribution in [3.05, 3.63) is 65.2 Å². The molecule has 3 aromatic rings. The molecule has 0 spiro atoms. The third kappa shape index (κ3) is 5.73. The van der Waals surface area contributed by atoms with Crippen molar-refractivity contribution in [2.45, 2.75) is 26.2 Å². The summed E-state index contributed by atoms with van der Waals surface area (Å²) in [5, 5.41) is 12.0. The zero-order valence-electron chi connectivity index (χ0n) is 17.3. The predicted molar refractivity (Wildman–Crippen MR) is 117 cm³/mol. The second kappa shape index (κ2) is 10.6. The van der Waals surface area contributed by atoms with Crippen molar-refractivity contribution >= 4 is 17.8 Å².